The van der Waals surface area contributed by atoms with E-state index in [-0.39, 0.29) is 28.8 Å². The van der Waals surface area contributed by atoms with Crippen molar-refractivity contribution in [3.05, 3.63) is 64.0 Å². The topological polar surface area (TPSA) is 59.8 Å². The molecule has 1 aliphatic heterocycles. The van der Waals surface area contributed by atoms with Crippen molar-refractivity contribution in [2.24, 2.45) is 5.92 Å². The number of carbonyl (C=O) groups excluding carboxylic acids is 1. The van der Waals surface area contributed by atoms with Gasteiger partial charge in [0.1, 0.15) is 5.76 Å². The molecule has 0 spiro atoms. The van der Waals surface area contributed by atoms with Crippen LogP contribution >= 0.6 is 0 Å². The molecule has 0 saturated carbocycles. The Morgan fingerprint density at radius 3 is 2.92 bits per heavy atom. The largest absolute Gasteiger partial charge is 0.490 e. The van der Waals surface area contributed by atoms with Crippen LogP contribution < -0.4 is 10.2 Å². The number of piperidine rings is 1. The third-order valence-corrected chi connectivity index (χ3v) is 4.22. The molecule has 1 saturated heterocycles. The minimum Gasteiger partial charge on any atom is -0.490 e. The summed E-state index contributed by atoms with van der Waals surface area (Å²) in [5.41, 5.74) is -0.247. The molecule has 1 aliphatic rings. The monoisotopic (exact) mass is 345 g/mol. The molecule has 1 aromatic carbocycles. The lowest BCUT2D eigenvalue weighted by Gasteiger charge is -2.32. The van der Waals surface area contributed by atoms with E-state index in [1.807, 2.05) is 0 Å². The zero-order valence-electron chi connectivity index (χ0n) is 14.0. The van der Waals surface area contributed by atoms with Gasteiger partial charge in [0.05, 0.1) is 6.61 Å². The number of amides is 1. The standard InChI is InChI=1S/C19H20FNO4/c1-13-9-15(22)10-18(25-13)19(23)21-8-4-5-14(11-21)12-24-17-7-3-2-6-16(17)20/h2-3,6-7,9-10,14H,4-5,8,11-12H2,1H3. The number of likely N-dealkylation sites (tertiary alicyclic amines) is 1. The van der Waals surface area contributed by atoms with Crippen LogP contribution in [0.15, 0.2) is 45.6 Å². The van der Waals surface area contributed by atoms with E-state index in [9.17, 15) is 14.0 Å². The van der Waals surface area contributed by atoms with Crippen LogP contribution in [0.2, 0.25) is 0 Å². The van der Waals surface area contributed by atoms with Crippen LogP contribution in [0.4, 0.5) is 4.39 Å². The Morgan fingerprint density at radius 1 is 1.36 bits per heavy atom. The third kappa shape index (κ3) is 4.26. The molecule has 0 radical (unpaired) electrons. The number of aryl methyl sites for hydroxylation is 1. The molecule has 1 amide bonds. The molecule has 0 bridgehead atoms. The minimum absolute atomic E-state index is 0.0562. The smallest absolute Gasteiger partial charge is 0.289 e. The Bertz CT molecular complexity index is 817. The number of hydrogen-bond acceptors (Lipinski definition) is 4. The molecule has 2 aromatic rings. The Kier molecular flexibility index (Phi) is 5.16. The van der Waals surface area contributed by atoms with Gasteiger partial charge in [-0.15, -0.1) is 0 Å². The highest BCUT2D eigenvalue weighted by molar-refractivity contribution is 5.91. The van der Waals surface area contributed by atoms with Crippen LogP contribution in [0.25, 0.3) is 0 Å². The average Bonchev–Trinajstić information content (AvgIpc) is 2.60. The summed E-state index contributed by atoms with van der Waals surface area (Å²) in [4.78, 5) is 25.8. The molecule has 5 nitrogen and oxygen atoms in total. The molecule has 1 fully saturated rings. The zero-order chi connectivity index (χ0) is 17.8. The van der Waals surface area contributed by atoms with E-state index in [2.05, 4.69) is 0 Å². The number of hydrogen-bond donors (Lipinski definition) is 0. The molecule has 6 heteroatoms. The maximum absolute atomic E-state index is 13.6. The van der Waals surface area contributed by atoms with Crippen LogP contribution in [0.5, 0.6) is 5.75 Å². The van der Waals surface area contributed by atoms with Crippen molar-refractivity contribution in [1.82, 2.24) is 4.90 Å². The van der Waals surface area contributed by atoms with Gasteiger partial charge in [-0.05, 0) is 31.9 Å². The highest BCUT2D eigenvalue weighted by Crippen LogP contribution is 2.22. The molecule has 2 heterocycles. The Labute approximate surface area is 145 Å². The number of rotatable bonds is 4. The number of halogens is 1. The van der Waals surface area contributed by atoms with Gasteiger partial charge in [0.25, 0.3) is 5.91 Å². The lowest BCUT2D eigenvalue weighted by Crippen LogP contribution is -2.41. The second-order valence-corrected chi connectivity index (χ2v) is 6.27. The maximum Gasteiger partial charge on any atom is 0.289 e. The quantitative estimate of drug-likeness (QED) is 0.855. The summed E-state index contributed by atoms with van der Waals surface area (Å²) in [5.74, 6) is 0.0987. The fourth-order valence-electron chi connectivity index (χ4n) is 3.02. The van der Waals surface area contributed by atoms with E-state index < -0.39 is 5.82 Å². The van der Waals surface area contributed by atoms with E-state index in [4.69, 9.17) is 9.15 Å². The Hall–Kier alpha value is -2.63. The lowest BCUT2D eigenvalue weighted by atomic mass is 9.98. The Balaban J connectivity index is 1.63. The molecular formula is C19H20FNO4. The van der Waals surface area contributed by atoms with E-state index in [1.165, 1.54) is 18.2 Å². The van der Waals surface area contributed by atoms with Crippen LogP contribution in [-0.2, 0) is 0 Å². The highest BCUT2D eigenvalue weighted by atomic mass is 19.1. The van der Waals surface area contributed by atoms with Crippen LogP contribution in [0.3, 0.4) is 0 Å². The second-order valence-electron chi connectivity index (χ2n) is 6.27. The van der Waals surface area contributed by atoms with Gasteiger partial charge >= 0.3 is 0 Å². The summed E-state index contributed by atoms with van der Waals surface area (Å²) in [5, 5.41) is 0. The van der Waals surface area contributed by atoms with Crippen molar-refractivity contribution < 1.29 is 18.3 Å². The van der Waals surface area contributed by atoms with Crippen molar-refractivity contribution in [3.8, 4) is 5.75 Å². The number of ether oxygens (including phenoxy) is 1. The summed E-state index contributed by atoms with van der Waals surface area (Å²) in [6.07, 6.45) is 1.73. The molecule has 3 rings (SSSR count). The van der Waals surface area contributed by atoms with Crippen molar-refractivity contribution >= 4 is 5.91 Å². The molecule has 0 aliphatic carbocycles. The van der Waals surface area contributed by atoms with Gasteiger partial charge in [-0.1, -0.05) is 12.1 Å². The van der Waals surface area contributed by atoms with Gasteiger partial charge in [0.2, 0.25) is 0 Å². The first-order valence-electron chi connectivity index (χ1n) is 8.31. The molecule has 0 N–H and O–H groups in total. The van der Waals surface area contributed by atoms with Crippen molar-refractivity contribution in [2.75, 3.05) is 19.7 Å². The van der Waals surface area contributed by atoms with Gasteiger partial charge in [-0.25, -0.2) is 4.39 Å². The van der Waals surface area contributed by atoms with Gasteiger partial charge in [-0.3, -0.25) is 9.59 Å². The number of para-hydroxylation sites is 1. The SMILES string of the molecule is Cc1cc(=O)cc(C(=O)N2CCCC(COc3ccccc3F)C2)o1. The minimum atomic E-state index is -0.396. The fraction of sp³-hybridized carbons (Fsp3) is 0.368. The Morgan fingerprint density at radius 2 is 2.16 bits per heavy atom. The summed E-state index contributed by atoms with van der Waals surface area (Å²) < 4.78 is 24.6. The van der Waals surface area contributed by atoms with Gasteiger partial charge < -0.3 is 14.1 Å². The second kappa shape index (κ2) is 7.51. The lowest BCUT2D eigenvalue weighted by molar-refractivity contribution is 0.0596. The van der Waals surface area contributed by atoms with Crippen molar-refractivity contribution in [3.63, 3.8) is 0 Å². The number of nitrogens with zero attached hydrogens (tertiary/aromatic N) is 1. The average molecular weight is 345 g/mol. The first kappa shape index (κ1) is 17.2. The predicted octanol–water partition coefficient (Wildman–Crippen LogP) is 3.02. The predicted molar refractivity (Wildman–Crippen MR) is 90.2 cm³/mol. The fourth-order valence-corrected chi connectivity index (χ4v) is 3.02. The van der Waals surface area contributed by atoms with Crippen molar-refractivity contribution in [2.45, 2.75) is 19.8 Å². The molecule has 1 atom stereocenters. The third-order valence-electron chi connectivity index (χ3n) is 4.22. The van der Waals surface area contributed by atoms with E-state index in [0.717, 1.165) is 12.8 Å². The number of benzene rings is 1. The summed E-state index contributed by atoms with van der Waals surface area (Å²) >= 11 is 0. The zero-order valence-corrected chi connectivity index (χ0v) is 14.0. The summed E-state index contributed by atoms with van der Waals surface area (Å²) in [6, 6.07) is 8.83. The van der Waals surface area contributed by atoms with E-state index >= 15 is 0 Å². The molecule has 132 valence electrons. The number of carbonyl (C=O) groups is 1. The van der Waals surface area contributed by atoms with Gasteiger partial charge in [0.15, 0.2) is 22.8 Å². The van der Waals surface area contributed by atoms with Crippen LogP contribution in [0.1, 0.15) is 29.2 Å². The normalized spacial score (nSPS) is 17.4. The maximum atomic E-state index is 13.6. The first-order chi connectivity index (χ1) is 12.0. The molecule has 25 heavy (non-hydrogen) atoms. The summed E-state index contributed by atoms with van der Waals surface area (Å²) in [6.45, 7) is 3.07. The van der Waals surface area contributed by atoms with Gasteiger partial charge in [0, 0.05) is 31.1 Å². The highest BCUT2D eigenvalue weighted by Gasteiger charge is 2.26. The molecular weight excluding hydrogens is 325 g/mol. The summed E-state index contributed by atoms with van der Waals surface area (Å²) in [7, 11) is 0. The van der Waals surface area contributed by atoms with Crippen LogP contribution in [0, 0.1) is 18.7 Å². The van der Waals surface area contributed by atoms with E-state index in [0.29, 0.717) is 25.5 Å². The molecule has 1 aromatic heterocycles. The first-order valence-corrected chi connectivity index (χ1v) is 8.31. The van der Waals surface area contributed by atoms with Crippen LogP contribution in [-0.4, -0.2) is 30.5 Å². The molecule has 1 unspecified atom stereocenters. The van der Waals surface area contributed by atoms with Gasteiger partial charge in [-0.2, -0.15) is 0 Å². The van der Waals surface area contributed by atoms with Crippen molar-refractivity contribution in [1.29, 1.82) is 0 Å². The van der Waals surface area contributed by atoms with E-state index in [1.54, 1.807) is 30.0 Å².